The Balaban J connectivity index is 3.95. The Bertz CT molecular complexity index is 101. The van der Waals surface area contributed by atoms with Gasteiger partial charge in [0.25, 0.3) is 0 Å². The van der Waals surface area contributed by atoms with Gasteiger partial charge in [0.2, 0.25) is 0 Å². The Kier molecular flexibility index (Phi) is 2.81. The van der Waals surface area contributed by atoms with E-state index in [1.165, 1.54) is 0 Å². The van der Waals surface area contributed by atoms with E-state index in [1.54, 1.807) is 13.8 Å². The first-order valence-corrected chi connectivity index (χ1v) is 2.88. The molecule has 1 unspecified atom stereocenters. The van der Waals surface area contributed by atoms with Crippen molar-refractivity contribution < 1.29 is 9.90 Å². The highest BCUT2D eigenvalue weighted by Crippen LogP contribution is 2.16. The van der Waals surface area contributed by atoms with Crippen LogP contribution in [-0.2, 0) is 4.79 Å². The van der Waals surface area contributed by atoms with Crippen molar-refractivity contribution in [1.82, 2.24) is 0 Å². The molecule has 0 aliphatic carbocycles. The third kappa shape index (κ3) is 2.11. The van der Waals surface area contributed by atoms with E-state index in [1.807, 2.05) is 0 Å². The van der Waals surface area contributed by atoms with E-state index >= 15 is 0 Å². The minimum absolute atomic E-state index is 0.312. The smallest absolute Gasteiger partial charge is 0.149 e. The van der Waals surface area contributed by atoms with Gasteiger partial charge in [-0.15, -0.1) is 0 Å². The number of aliphatic hydroxyl groups excluding tert-OH is 1. The van der Waals surface area contributed by atoms with Gasteiger partial charge in [-0.2, -0.15) is 0 Å². The van der Waals surface area contributed by atoms with Crippen molar-refractivity contribution in [3.8, 4) is 0 Å². The third-order valence-corrected chi connectivity index (χ3v) is 1.46. The maximum absolute atomic E-state index is 10.0. The van der Waals surface area contributed by atoms with Gasteiger partial charge in [-0.3, -0.25) is 0 Å². The molecule has 0 saturated carbocycles. The number of hydrogen-bond donors (Lipinski definition) is 2. The zero-order chi connectivity index (χ0) is 7.49. The van der Waals surface area contributed by atoms with Gasteiger partial charge in [-0.05, 0) is 0 Å². The van der Waals surface area contributed by atoms with Gasteiger partial charge in [0.15, 0.2) is 0 Å². The Morgan fingerprint density at radius 2 is 2.22 bits per heavy atom. The number of aldehydes is 1. The summed E-state index contributed by atoms with van der Waals surface area (Å²) in [6.45, 7) is 3.80. The van der Waals surface area contributed by atoms with E-state index in [0.717, 1.165) is 0 Å². The molecule has 54 valence electrons. The van der Waals surface area contributed by atoms with Crippen LogP contribution in [0.25, 0.3) is 0 Å². The molecule has 0 spiro atoms. The molecule has 0 heterocycles. The summed E-state index contributed by atoms with van der Waals surface area (Å²) in [6, 6.07) is 0. The van der Waals surface area contributed by atoms with Gasteiger partial charge in [0.05, 0.1) is 0 Å². The van der Waals surface area contributed by atoms with Crippen molar-refractivity contribution in [1.29, 1.82) is 0 Å². The summed E-state index contributed by atoms with van der Waals surface area (Å²) < 4.78 is 0. The van der Waals surface area contributed by atoms with Crippen LogP contribution in [0.1, 0.15) is 13.8 Å². The zero-order valence-electron chi connectivity index (χ0n) is 5.79. The average Bonchev–Trinajstić information content (AvgIpc) is 1.86. The van der Waals surface area contributed by atoms with Crippen LogP contribution in [0.2, 0.25) is 0 Å². The Morgan fingerprint density at radius 3 is 2.33 bits per heavy atom. The molecular weight excluding hydrogens is 118 g/mol. The number of nitrogens with two attached hydrogens (primary N) is 1. The molecular formula is C6H13NO2. The maximum Gasteiger partial charge on any atom is 0.149 e. The fraction of sp³-hybridized carbons (Fsp3) is 0.833. The van der Waals surface area contributed by atoms with Crippen molar-refractivity contribution in [3.05, 3.63) is 0 Å². The van der Waals surface area contributed by atoms with Crippen LogP contribution in [-0.4, -0.2) is 24.0 Å². The summed E-state index contributed by atoms with van der Waals surface area (Å²) >= 11 is 0. The zero-order valence-corrected chi connectivity index (χ0v) is 5.79. The van der Waals surface area contributed by atoms with Crippen LogP contribution in [0, 0.1) is 5.41 Å². The van der Waals surface area contributed by atoms with Crippen molar-refractivity contribution in [2.45, 2.75) is 20.0 Å². The first kappa shape index (κ1) is 8.59. The van der Waals surface area contributed by atoms with Gasteiger partial charge in [-0.1, -0.05) is 13.8 Å². The molecule has 9 heavy (non-hydrogen) atoms. The SMILES string of the molecule is CC(C)(CN)C(O)C=O. The number of hydrogen-bond acceptors (Lipinski definition) is 3. The fourth-order valence-electron chi connectivity index (χ4n) is 0.305. The molecule has 0 aromatic rings. The normalized spacial score (nSPS) is 15.1. The Morgan fingerprint density at radius 1 is 1.78 bits per heavy atom. The first-order valence-electron chi connectivity index (χ1n) is 2.88. The van der Waals surface area contributed by atoms with E-state index in [2.05, 4.69) is 0 Å². The average molecular weight is 131 g/mol. The number of carbonyl (C=O) groups excluding carboxylic acids is 1. The molecule has 0 amide bonds. The van der Waals surface area contributed by atoms with Crippen LogP contribution >= 0.6 is 0 Å². The molecule has 1 atom stereocenters. The fourth-order valence-corrected chi connectivity index (χ4v) is 0.305. The molecule has 0 saturated heterocycles. The molecule has 0 fully saturated rings. The van der Waals surface area contributed by atoms with Crippen molar-refractivity contribution in [2.75, 3.05) is 6.54 Å². The maximum atomic E-state index is 10.0. The quantitative estimate of drug-likeness (QED) is 0.509. The van der Waals surface area contributed by atoms with E-state index in [4.69, 9.17) is 10.8 Å². The molecule has 3 nitrogen and oxygen atoms in total. The monoisotopic (exact) mass is 131 g/mol. The molecule has 0 aromatic carbocycles. The lowest BCUT2D eigenvalue weighted by atomic mass is 9.88. The van der Waals surface area contributed by atoms with E-state index < -0.39 is 11.5 Å². The lowest BCUT2D eigenvalue weighted by Gasteiger charge is -2.24. The summed E-state index contributed by atoms with van der Waals surface area (Å²) in [7, 11) is 0. The molecule has 0 aromatic heterocycles. The van der Waals surface area contributed by atoms with Crippen LogP contribution in [0.5, 0.6) is 0 Å². The lowest BCUT2D eigenvalue weighted by Crippen LogP contribution is -2.37. The van der Waals surface area contributed by atoms with Crippen molar-refractivity contribution in [2.24, 2.45) is 11.1 Å². The molecule has 0 aliphatic heterocycles. The second-order valence-electron chi connectivity index (χ2n) is 2.77. The van der Waals surface area contributed by atoms with Gasteiger partial charge < -0.3 is 15.6 Å². The van der Waals surface area contributed by atoms with Crippen molar-refractivity contribution >= 4 is 6.29 Å². The molecule has 0 aliphatic rings. The highest BCUT2D eigenvalue weighted by molar-refractivity contribution is 5.57. The van der Waals surface area contributed by atoms with Crippen LogP contribution in [0.3, 0.4) is 0 Å². The van der Waals surface area contributed by atoms with E-state index in [0.29, 0.717) is 12.8 Å². The molecule has 0 bridgehead atoms. The number of aliphatic hydroxyl groups is 1. The van der Waals surface area contributed by atoms with Crippen LogP contribution in [0.15, 0.2) is 0 Å². The molecule has 3 heteroatoms. The number of carbonyl (C=O) groups is 1. The van der Waals surface area contributed by atoms with Crippen LogP contribution < -0.4 is 5.73 Å². The highest BCUT2D eigenvalue weighted by Gasteiger charge is 2.25. The summed E-state index contributed by atoms with van der Waals surface area (Å²) in [5, 5.41) is 8.94. The first-order chi connectivity index (χ1) is 4.04. The third-order valence-electron chi connectivity index (χ3n) is 1.46. The number of rotatable bonds is 3. The highest BCUT2D eigenvalue weighted by atomic mass is 16.3. The topological polar surface area (TPSA) is 63.3 Å². The largest absolute Gasteiger partial charge is 0.385 e. The van der Waals surface area contributed by atoms with Crippen LogP contribution in [0.4, 0.5) is 0 Å². The molecule has 3 N–H and O–H groups in total. The predicted molar refractivity (Wildman–Crippen MR) is 34.9 cm³/mol. The summed E-state index contributed by atoms with van der Waals surface area (Å²) in [5.74, 6) is 0. The second-order valence-corrected chi connectivity index (χ2v) is 2.77. The summed E-state index contributed by atoms with van der Waals surface area (Å²) in [6.07, 6.45) is -0.435. The van der Waals surface area contributed by atoms with Gasteiger partial charge >= 0.3 is 0 Å². The minimum Gasteiger partial charge on any atom is -0.385 e. The molecule has 0 rings (SSSR count). The minimum atomic E-state index is -0.942. The Hall–Kier alpha value is -0.410. The Labute approximate surface area is 54.9 Å². The molecule has 0 radical (unpaired) electrons. The van der Waals surface area contributed by atoms with Gasteiger partial charge in [-0.25, -0.2) is 0 Å². The van der Waals surface area contributed by atoms with E-state index in [-0.39, 0.29) is 0 Å². The summed E-state index contributed by atoms with van der Waals surface area (Å²) in [5.41, 5.74) is 4.78. The predicted octanol–water partition coefficient (Wildman–Crippen LogP) is -0.469. The standard InChI is InChI=1S/C6H13NO2/c1-6(2,4-7)5(9)3-8/h3,5,9H,4,7H2,1-2H3. The second kappa shape index (κ2) is 2.94. The van der Waals surface area contributed by atoms with Gasteiger partial charge in [0, 0.05) is 12.0 Å². The van der Waals surface area contributed by atoms with Crippen molar-refractivity contribution in [3.63, 3.8) is 0 Å². The van der Waals surface area contributed by atoms with Gasteiger partial charge in [0.1, 0.15) is 12.4 Å². The lowest BCUT2D eigenvalue weighted by molar-refractivity contribution is -0.119. The van der Waals surface area contributed by atoms with E-state index in [9.17, 15) is 4.79 Å². The summed E-state index contributed by atoms with van der Waals surface area (Å²) in [4.78, 5) is 10.0.